The van der Waals surface area contributed by atoms with Gasteiger partial charge in [-0.2, -0.15) is 0 Å². The van der Waals surface area contributed by atoms with E-state index in [4.69, 9.17) is 9.47 Å². The van der Waals surface area contributed by atoms with Crippen molar-refractivity contribution in [3.8, 4) is 0 Å². The highest BCUT2D eigenvalue weighted by atomic mass is 16.6. The first-order valence-corrected chi connectivity index (χ1v) is 11.1. The summed E-state index contributed by atoms with van der Waals surface area (Å²) in [6.07, 6.45) is 3.25. The fraction of sp³-hybridized carbons (Fsp3) is 0.864. The smallest absolute Gasteiger partial charge is 0.410 e. The Hall–Kier alpha value is -1.99. The molecule has 0 aliphatic carbocycles. The summed E-state index contributed by atoms with van der Waals surface area (Å²) in [6.45, 7) is 13.6. The zero-order chi connectivity index (χ0) is 22.5. The molecule has 2 aliphatic heterocycles. The van der Waals surface area contributed by atoms with E-state index in [1.807, 2.05) is 25.7 Å². The standard InChI is InChI=1S/C22H39N3O5/c1-21(2,3)29-19(27)23-17(18(26)24-11-7-8-12-24)15-16-9-13-25(14-10-16)20(28)30-22(4,5)6/h16-17H,7-15H2,1-6H3,(H,23,27)/t17-/m1/s1. The van der Waals surface area contributed by atoms with E-state index in [1.165, 1.54) is 0 Å². The predicted molar refractivity (Wildman–Crippen MR) is 114 cm³/mol. The molecule has 0 aromatic rings. The quantitative estimate of drug-likeness (QED) is 0.744. The zero-order valence-corrected chi connectivity index (χ0v) is 19.5. The van der Waals surface area contributed by atoms with Crippen molar-refractivity contribution >= 4 is 18.1 Å². The van der Waals surface area contributed by atoms with Crippen LogP contribution in [0, 0.1) is 5.92 Å². The second-order valence-electron chi connectivity index (χ2n) is 10.4. The number of rotatable bonds is 4. The Bertz CT molecular complexity index is 609. The Balaban J connectivity index is 1.94. The van der Waals surface area contributed by atoms with E-state index in [9.17, 15) is 14.4 Å². The lowest BCUT2D eigenvalue weighted by Gasteiger charge is -2.35. The first kappa shape index (κ1) is 24.3. The van der Waals surface area contributed by atoms with E-state index in [0.717, 1.165) is 38.8 Å². The summed E-state index contributed by atoms with van der Waals surface area (Å²) in [5.41, 5.74) is -1.14. The van der Waals surface area contributed by atoms with Crippen molar-refractivity contribution in [2.45, 2.75) is 90.9 Å². The van der Waals surface area contributed by atoms with Gasteiger partial charge < -0.3 is 24.6 Å². The molecule has 1 N–H and O–H groups in total. The summed E-state index contributed by atoms with van der Waals surface area (Å²) < 4.78 is 10.8. The zero-order valence-electron chi connectivity index (χ0n) is 19.5. The molecule has 0 unspecified atom stereocenters. The highest BCUT2D eigenvalue weighted by Gasteiger charge is 2.34. The van der Waals surface area contributed by atoms with Crippen LogP contribution in [0.25, 0.3) is 0 Å². The minimum Gasteiger partial charge on any atom is -0.444 e. The molecule has 8 nitrogen and oxygen atoms in total. The summed E-state index contributed by atoms with van der Waals surface area (Å²) >= 11 is 0. The molecule has 8 heteroatoms. The van der Waals surface area contributed by atoms with Gasteiger partial charge in [0.05, 0.1) is 0 Å². The van der Waals surface area contributed by atoms with Crippen LogP contribution < -0.4 is 5.32 Å². The Morgan fingerprint density at radius 1 is 0.867 bits per heavy atom. The minimum absolute atomic E-state index is 0.0343. The second-order valence-corrected chi connectivity index (χ2v) is 10.4. The molecule has 0 saturated carbocycles. The molecule has 2 fully saturated rings. The number of alkyl carbamates (subject to hydrolysis) is 1. The van der Waals surface area contributed by atoms with Crippen LogP contribution in [0.1, 0.15) is 73.6 Å². The van der Waals surface area contributed by atoms with Crippen molar-refractivity contribution in [3.63, 3.8) is 0 Å². The Kier molecular flexibility index (Phi) is 7.99. The number of likely N-dealkylation sites (tertiary alicyclic amines) is 2. The third kappa shape index (κ3) is 8.03. The minimum atomic E-state index is -0.621. The molecule has 1 atom stereocenters. The summed E-state index contributed by atoms with van der Waals surface area (Å²) in [6, 6.07) is -0.601. The van der Waals surface area contributed by atoms with E-state index in [1.54, 1.807) is 25.7 Å². The number of carbonyl (C=O) groups is 3. The summed E-state index contributed by atoms with van der Waals surface area (Å²) in [5.74, 6) is 0.211. The van der Waals surface area contributed by atoms with Crippen molar-refractivity contribution < 1.29 is 23.9 Å². The van der Waals surface area contributed by atoms with Crippen LogP contribution >= 0.6 is 0 Å². The van der Waals surface area contributed by atoms with Gasteiger partial charge in [-0.05, 0) is 79.6 Å². The predicted octanol–water partition coefficient (Wildman–Crippen LogP) is 3.54. The molecule has 2 rings (SSSR count). The molecule has 2 aliphatic rings. The lowest BCUT2D eigenvalue weighted by molar-refractivity contribution is -0.133. The Morgan fingerprint density at radius 3 is 1.90 bits per heavy atom. The van der Waals surface area contributed by atoms with E-state index in [0.29, 0.717) is 19.5 Å². The van der Waals surface area contributed by atoms with Crippen molar-refractivity contribution in [1.82, 2.24) is 15.1 Å². The van der Waals surface area contributed by atoms with Gasteiger partial charge in [0.15, 0.2) is 0 Å². The van der Waals surface area contributed by atoms with E-state index < -0.39 is 23.3 Å². The van der Waals surface area contributed by atoms with Crippen molar-refractivity contribution in [1.29, 1.82) is 0 Å². The molecule has 2 saturated heterocycles. The monoisotopic (exact) mass is 425 g/mol. The molecule has 0 bridgehead atoms. The summed E-state index contributed by atoms with van der Waals surface area (Å²) in [7, 11) is 0. The number of amides is 3. The van der Waals surface area contributed by atoms with Crippen molar-refractivity contribution in [2.24, 2.45) is 5.92 Å². The topological polar surface area (TPSA) is 88.2 Å². The van der Waals surface area contributed by atoms with Gasteiger partial charge in [0, 0.05) is 26.2 Å². The van der Waals surface area contributed by atoms with Gasteiger partial charge in [0.25, 0.3) is 0 Å². The molecule has 2 heterocycles. The van der Waals surface area contributed by atoms with Crippen LogP contribution in [-0.4, -0.2) is 71.3 Å². The van der Waals surface area contributed by atoms with Gasteiger partial charge in [-0.3, -0.25) is 4.79 Å². The number of carbonyl (C=O) groups excluding carboxylic acids is 3. The van der Waals surface area contributed by atoms with Crippen LogP contribution in [0.5, 0.6) is 0 Å². The second kappa shape index (κ2) is 9.88. The lowest BCUT2D eigenvalue weighted by Crippen LogP contribution is -2.50. The molecule has 0 aromatic heterocycles. The number of nitrogens with one attached hydrogen (secondary N) is 1. The maximum Gasteiger partial charge on any atom is 0.410 e. The average Bonchev–Trinajstić information content (AvgIpc) is 3.12. The molecule has 3 amide bonds. The van der Waals surface area contributed by atoms with Gasteiger partial charge >= 0.3 is 12.2 Å². The molecular weight excluding hydrogens is 386 g/mol. The van der Waals surface area contributed by atoms with Crippen LogP contribution in [0.2, 0.25) is 0 Å². The maximum absolute atomic E-state index is 13.0. The molecule has 0 radical (unpaired) electrons. The number of hydrogen-bond donors (Lipinski definition) is 1. The van der Waals surface area contributed by atoms with Crippen LogP contribution in [0.4, 0.5) is 9.59 Å². The van der Waals surface area contributed by atoms with Crippen LogP contribution in [-0.2, 0) is 14.3 Å². The lowest BCUT2D eigenvalue weighted by atomic mass is 9.90. The third-order valence-electron chi connectivity index (χ3n) is 5.24. The van der Waals surface area contributed by atoms with Gasteiger partial charge in [-0.15, -0.1) is 0 Å². The number of nitrogens with zero attached hydrogens (tertiary/aromatic N) is 2. The highest BCUT2D eigenvalue weighted by molar-refractivity contribution is 5.86. The first-order chi connectivity index (χ1) is 13.8. The Labute approximate surface area is 180 Å². The van der Waals surface area contributed by atoms with Crippen LogP contribution in [0.3, 0.4) is 0 Å². The van der Waals surface area contributed by atoms with Crippen LogP contribution in [0.15, 0.2) is 0 Å². The van der Waals surface area contributed by atoms with Gasteiger partial charge in [0.1, 0.15) is 17.2 Å². The van der Waals surface area contributed by atoms with E-state index in [2.05, 4.69) is 5.32 Å². The molecule has 0 spiro atoms. The number of ether oxygens (including phenoxy) is 2. The molecule has 172 valence electrons. The van der Waals surface area contributed by atoms with Crippen molar-refractivity contribution in [3.05, 3.63) is 0 Å². The van der Waals surface area contributed by atoms with Gasteiger partial charge in [-0.25, -0.2) is 9.59 Å². The fourth-order valence-corrected chi connectivity index (χ4v) is 3.84. The summed E-state index contributed by atoms with van der Waals surface area (Å²) in [5, 5.41) is 2.80. The Morgan fingerprint density at radius 2 is 1.40 bits per heavy atom. The molecule has 0 aromatic carbocycles. The van der Waals surface area contributed by atoms with E-state index in [-0.39, 0.29) is 17.9 Å². The van der Waals surface area contributed by atoms with Crippen molar-refractivity contribution in [2.75, 3.05) is 26.2 Å². The van der Waals surface area contributed by atoms with Gasteiger partial charge in [0.2, 0.25) is 5.91 Å². The highest BCUT2D eigenvalue weighted by Crippen LogP contribution is 2.25. The first-order valence-electron chi connectivity index (χ1n) is 11.1. The third-order valence-corrected chi connectivity index (χ3v) is 5.24. The molecule has 30 heavy (non-hydrogen) atoms. The largest absolute Gasteiger partial charge is 0.444 e. The SMILES string of the molecule is CC(C)(C)OC(=O)N[C@H](CC1CCN(C(=O)OC(C)(C)C)CC1)C(=O)N1CCCC1. The van der Waals surface area contributed by atoms with Gasteiger partial charge in [-0.1, -0.05) is 0 Å². The summed E-state index contributed by atoms with van der Waals surface area (Å²) in [4.78, 5) is 41.2. The molecular formula is C22H39N3O5. The number of piperidine rings is 1. The normalized spacial score (nSPS) is 19.4. The fourth-order valence-electron chi connectivity index (χ4n) is 3.84. The van der Waals surface area contributed by atoms with E-state index >= 15 is 0 Å². The maximum atomic E-state index is 13.0. The number of hydrogen-bond acceptors (Lipinski definition) is 5. The average molecular weight is 426 g/mol.